The lowest BCUT2D eigenvalue weighted by atomic mass is 9.81. The van der Waals surface area contributed by atoms with E-state index in [1.165, 1.54) is 42.5 Å². The van der Waals surface area contributed by atoms with Crippen molar-refractivity contribution in [2.24, 2.45) is 0 Å². The number of rotatable bonds is 6. The number of β-amino-alcohol motifs (C(OH)–C–C–N with tert-alkyl or cyclic N) is 1. The van der Waals surface area contributed by atoms with E-state index in [1.54, 1.807) is 48.5 Å². The number of ether oxygens (including phenoxy) is 1. The van der Waals surface area contributed by atoms with Crippen LogP contribution in [0, 0.1) is 0 Å². The molecule has 2 aliphatic rings. The lowest BCUT2D eigenvalue weighted by Gasteiger charge is -2.40. The number of aromatic nitrogens is 1. The van der Waals surface area contributed by atoms with E-state index in [0.29, 0.717) is 9.69 Å². The lowest BCUT2D eigenvalue weighted by Crippen LogP contribution is -2.58. The zero-order valence-electron chi connectivity index (χ0n) is 21.6. The van der Waals surface area contributed by atoms with Gasteiger partial charge < -0.3 is 14.9 Å². The highest BCUT2D eigenvalue weighted by molar-refractivity contribution is 7.93. The second kappa shape index (κ2) is 9.81. The Balaban J connectivity index is 1.70. The van der Waals surface area contributed by atoms with E-state index in [0.717, 1.165) is 0 Å². The molecule has 3 aromatic carbocycles. The van der Waals surface area contributed by atoms with Crippen LogP contribution in [0.5, 0.6) is 5.75 Å². The summed E-state index contributed by atoms with van der Waals surface area (Å²) in [6, 6.07) is 17.6. The van der Waals surface area contributed by atoms with E-state index in [2.05, 4.69) is 4.98 Å². The van der Waals surface area contributed by atoms with E-state index in [1.807, 2.05) is 0 Å². The summed E-state index contributed by atoms with van der Waals surface area (Å²) in [6.45, 7) is -0.226. The van der Waals surface area contributed by atoms with Crippen LogP contribution in [-0.4, -0.2) is 66.2 Å². The third-order valence-electron chi connectivity index (χ3n) is 7.67. The van der Waals surface area contributed by atoms with Crippen molar-refractivity contribution in [1.82, 2.24) is 9.88 Å². The second-order valence-electron chi connectivity index (χ2n) is 9.87. The summed E-state index contributed by atoms with van der Waals surface area (Å²) in [5, 5.41) is 21.6. The Morgan fingerprint density at radius 1 is 1.07 bits per heavy atom. The Morgan fingerprint density at radius 3 is 2.59 bits per heavy atom. The number of halogens is 1. The Kier molecular flexibility index (Phi) is 6.50. The standard InChI is InChI=1S/C29H24ClN3O7S/c1-40-24-9-3-2-8-20(24)29(32-16-19(34)15-23(32)27(35)36)21-14-18(30)11-12-22(21)33(28(29)37)41(38,39)25-10-4-6-17-7-5-13-31-26(17)25/h2-14,19,23,34H,15-16H2,1H3,(H,35,36)/t19-,23+,29?/m1/s1. The number of methoxy groups -OCH3 is 1. The maximum absolute atomic E-state index is 15.0. The van der Waals surface area contributed by atoms with E-state index in [4.69, 9.17) is 16.3 Å². The lowest BCUT2D eigenvalue weighted by molar-refractivity contribution is -0.145. The maximum atomic E-state index is 15.0. The predicted molar refractivity (Wildman–Crippen MR) is 150 cm³/mol. The van der Waals surface area contributed by atoms with Crippen LogP contribution in [0.1, 0.15) is 17.5 Å². The number of amides is 1. The molecule has 210 valence electrons. The van der Waals surface area contributed by atoms with E-state index < -0.39 is 39.6 Å². The van der Waals surface area contributed by atoms with Gasteiger partial charge >= 0.3 is 5.97 Å². The number of hydrogen-bond acceptors (Lipinski definition) is 8. The van der Waals surface area contributed by atoms with Crippen LogP contribution in [0.4, 0.5) is 5.69 Å². The number of carboxylic acid groups (broad SMARTS) is 1. The Morgan fingerprint density at radius 2 is 1.83 bits per heavy atom. The fraction of sp³-hybridized carbons (Fsp3) is 0.207. The first-order chi connectivity index (χ1) is 19.6. The van der Waals surface area contributed by atoms with Gasteiger partial charge in [-0.05, 0) is 36.4 Å². The number of likely N-dealkylation sites (tertiary alicyclic amines) is 1. The summed E-state index contributed by atoms with van der Waals surface area (Å²) < 4.78 is 35.3. The summed E-state index contributed by atoms with van der Waals surface area (Å²) in [5.41, 5.74) is -1.49. The highest BCUT2D eigenvalue weighted by Gasteiger charge is 2.64. The molecule has 4 aromatic rings. The minimum Gasteiger partial charge on any atom is -0.496 e. The van der Waals surface area contributed by atoms with Gasteiger partial charge in [-0.25, -0.2) is 12.7 Å². The average Bonchev–Trinajstić information content (AvgIpc) is 3.48. The van der Waals surface area contributed by atoms with Crippen molar-refractivity contribution >= 4 is 50.1 Å². The number of sulfonamides is 1. The zero-order valence-corrected chi connectivity index (χ0v) is 23.2. The molecule has 3 atom stereocenters. The van der Waals surface area contributed by atoms with Crippen LogP contribution >= 0.6 is 11.6 Å². The van der Waals surface area contributed by atoms with Gasteiger partial charge in [-0.1, -0.05) is 48.0 Å². The first-order valence-corrected chi connectivity index (χ1v) is 14.5. The van der Waals surface area contributed by atoms with Crippen LogP contribution in [0.3, 0.4) is 0 Å². The van der Waals surface area contributed by atoms with E-state index >= 15 is 0 Å². The molecule has 1 amide bonds. The molecule has 12 heteroatoms. The number of para-hydroxylation sites is 2. The summed E-state index contributed by atoms with van der Waals surface area (Å²) >= 11 is 6.45. The van der Waals surface area contributed by atoms with Crippen LogP contribution in [-0.2, 0) is 25.2 Å². The number of hydrogen-bond donors (Lipinski definition) is 2. The quantitative estimate of drug-likeness (QED) is 0.344. The third-order valence-corrected chi connectivity index (χ3v) is 9.63. The van der Waals surface area contributed by atoms with Crippen molar-refractivity contribution in [2.45, 2.75) is 29.0 Å². The first kappa shape index (κ1) is 27.2. The second-order valence-corrected chi connectivity index (χ2v) is 12.1. The summed E-state index contributed by atoms with van der Waals surface area (Å²) in [7, 11) is -3.22. The highest BCUT2D eigenvalue weighted by atomic mass is 35.5. The number of aliphatic carboxylic acids is 1. The molecule has 1 unspecified atom stereocenters. The molecule has 10 nitrogen and oxygen atoms in total. The number of nitrogens with zero attached hydrogens (tertiary/aromatic N) is 3. The van der Waals surface area contributed by atoms with Crippen LogP contribution in [0.15, 0.2) is 83.9 Å². The van der Waals surface area contributed by atoms with Gasteiger partial charge in [0.2, 0.25) is 0 Å². The van der Waals surface area contributed by atoms with Crippen LogP contribution in [0.25, 0.3) is 10.9 Å². The molecule has 3 heterocycles. The Labute approximate surface area is 240 Å². The number of carbonyl (C=O) groups excluding carboxylic acids is 1. The Bertz CT molecular complexity index is 1830. The molecule has 0 saturated carbocycles. The molecular weight excluding hydrogens is 570 g/mol. The molecule has 41 heavy (non-hydrogen) atoms. The molecule has 2 N–H and O–H groups in total. The number of carbonyl (C=O) groups is 2. The Hall–Kier alpha value is -4.03. The summed E-state index contributed by atoms with van der Waals surface area (Å²) in [5.74, 6) is -2.00. The number of pyridine rings is 1. The SMILES string of the molecule is COc1ccccc1C1(N2C[C@H](O)C[C@H]2C(=O)O)C(=O)N(S(=O)(=O)c2cccc3cccnc23)c2ccc(Cl)cc21. The molecule has 0 bridgehead atoms. The van der Waals surface area contributed by atoms with Gasteiger partial charge in [-0.15, -0.1) is 0 Å². The molecular formula is C29H24ClN3O7S. The fourth-order valence-corrected chi connectivity index (χ4v) is 7.83. The zero-order chi connectivity index (χ0) is 29.1. The molecule has 1 fully saturated rings. The van der Waals surface area contributed by atoms with Gasteiger partial charge in [0.1, 0.15) is 16.7 Å². The van der Waals surface area contributed by atoms with Crippen molar-refractivity contribution in [3.63, 3.8) is 0 Å². The van der Waals surface area contributed by atoms with E-state index in [-0.39, 0.29) is 51.0 Å². The van der Waals surface area contributed by atoms with Crippen molar-refractivity contribution in [3.8, 4) is 5.75 Å². The van der Waals surface area contributed by atoms with Gasteiger partial charge in [0.05, 0.1) is 24.4 Å². The van der Waals surface area contributed by atoms with Gasteiger partial charge in [0.25, 0.3) is 15.9 Å². The number of aliphatic hydroxyl groups is 1. The monoisotopic (exact) mass is 593 g/mol. The molecule has 6 rings (SSSR count). The smallest absolute Gasteiger partial charge is 0.321 e. The van der Waals surface area contributed by atoms with Gasteiger partial charge in [0.15, 0.2) is 5.54 Å². The number of fused-ring (bicyclic) bond motifs is 2. The molecule has 0 aliphatic carbocycles. The minimum absolute atomic E-state index is 0.00349. The topological polar surface area (TPSA) is 137 Å². The highest BCUT2D eigenvalue weighted by Crippen LogP contribution is 2.55. The van der Waals surface area contributed by atoms with E-state index in [9.17, 15) is 28.2 Å². The summed E-state index contributed by atoms with van der Waals surface area (Å²) in [6.07, 6.45) is 0.199. The van der Waals surface area contributed by atoms with Crippen LogP contribution in [0.2, 0.25) is 5.02 Å². The first-order valence-electron chi connectivity index (χ1n) is 12.7. The van der Waals surface area contributed by atoms with Gasteiger partial charge in [-0.3, -0.25) is 19.5 Å². The van der Waals surface area contributed by atoms with Crippen LogP contribution < -0.4 is 9.04 Å². The molecule has 1 saturated heterocycles. The minimum atomic E-state index is -4.62. The maximum Gasteiger partial charge on any atom is 0.321 e. The van der Waals surface area contributed by atoms with Crippen molar-refractivity contribution < 1.29 is 33.0 Å². The molecule has 2 aliphatic heterocycles. The fourth-order valence-electron chi connectivity index (χ4n) is 6.02. The van der Waals surface area contributed by atoms with Gasteiger partial charge in [-0.2, -0.15) is 0 Å². The largest absolute Gasteiger partial charge is 0.496 e. The summed E-state index contributed by atoms with van der Waals surface area (Å²) in [4.78, 5) is 32.9. The number of benzene rings is 3. The van der Waals surface area contributed by atoms with Gasteiger partial charge in [0, 0.05) is 40.7 Å². The van der Waals surface area contributed by atoms with Crippen molar-refractivity contribution in [2.75, 3.05) is 18.0 Å². The molecule has 1 aromatic heterocycles. The van der Waals surface area contributed by atoms with Crippen molar-refractivity contribution in [1.29, 1.82) is 0 Å². The number of anilines is 1. The molecule has 0 spiro atoms. The normalized spacial score (nSPS) is 22.7. The number of carboxylic acids is 1. The molecule has 0 radical (unpaired) electrons. The predicted octanol–water partition coefficient (Wildman–Crippen LogP) is 3.40. The third kappa shape index (κ3) is 3.91. The average molecular weight is 594 g/mol. The number of aliphatic hydroxyl groups excluding tert-OH is 1. The van der Waals surface area contributed by atoms with Crippen molar-refractivity contribution in [3.05, 3.63) is 95.1 Å².